The largest absolute Gasteiger partial charge is 0.377 e. The Morgan fingerprint density at radius 2 is 1.73 bits per heavy atom. The van der Waals surface area contributed by atoms with E-state index in [0.717, 1.165) is 17.7 Å². The minimum Gasteiger partial charge on any atom is -0.377 e. The molecule has 2 rings (SSSR count). The fraction of sp³-hybridized carbons (Fsp3) is 0.333. The van der Waals surface area contributed by atoms with Crippen molar-refractivity contribution >= 4 is 15.8 Å². The lowest BCUT2D eigenvalue weighted by Crippen LogP contribution is -2.14. The molecule has 1 atom stereocenters. The van der Waals surface area contributed by atoms with Gasteiger partial charge in [-0.2, -0.15) is 8.42 Å². The Kier molecular flexibility index (Phi) is 7.26. The maximum Gasteiger partial charge on any atom is 0.296 e. The van der Waals surface area contributed by atoms with Gasteiger partial charge in [-0.3, -0.25) is 14.3 Å². The zero-order chi connectivity index (χ0) is 19.0. The maximum absolute atomic E-state index is 12.1. The molecule has 8 heteroatoms. The Hall–Kier alpha value is -2.29. The smallest absolute Gasteiger partial charge is 0.296 e. The van der Waals surface area contributed by atoms with Crippen molar-refractivity contribution in [1.29, 1.82) is 0 Å². The standard InChI is InChI=1S/C18H21NO6S/c1-15(11-12-24-14-16-5-3-2-4-6-16)13-25-26(22,23)18-9-7-17(8-10-18)19(20)21/h2-10,15H,11-14H2,1H3. The lowest BCUT2D eigenvalue weighted by atomic mass is 10.1. The van der Waals surface area contributed by atoms with Crippen LogP contribution in [0.5, 0.6) is 0 Å². The normalized spacial score (nSPS) is 12.7. The van der Waals surface area contributed by atoms with Gasteiger partial charge in [-0.05, 0) is 30.0 Å². The molecule has 0 heterocycles. The molecule has 2 aromatic carbocycles. The molecular formula is C18H21NO6S. The lowest BCUT2D eigenvalue weighted by Gasteiger charge is -2.12. The molecule has 0 aliphatic rings. The summed E-state index contributed by atoms with van der Waals surface area (Å²) in [6, 6.07) is 14.4. The highest BCUT2D eigenvalue weighted by atomic mass is 32.2. The molecule has 0 spiro atoms. The second kappa shape index (κ2) is 9.42. The molecule has 0 amide bonds. The lowest BCUT2D eigenvalue weighted by molar-refractivity contribution is -0.384. The summed E-state index contributed by atoms with van der Waals surface area (Å²) in [5.74, 6) is -0.0152. The second-order valence-corrected chi connectivity index (χ2v) is 7.54. The minimum absolute atomic E-state index is 0.0152. The third-order valence-electron chi connectivity index (χ3n) is 3.71. The average molecular weight is 379 g/mol. The minimum atomic E-state index is -3.93. The van der Waals surface area contributed by atoms with Crippen molar-refractivity contribution in [3.05, 3.63) is 70.3 Å². The van der Waals surface area contributed by atoms with Gasteiger partial charge in [0.2, 0.25) is 0 Å². The quantitative estimate of drug-likeness (QED) is 0.271. The van der Waals surface area contributed by atoms with Crippen LogP contribution in [0.15, 0.2) is 59.5 Å². The number of benzene rings is 2. The van der Waals surface area contributed by atoms with E-state index in [1.54, 1.807) is 0 Å². The summed E-state index contributed by atoms with van der Waals surface area (Å²) in [5.41, 5.74) is 0.907. The molecule has 1 unspecified atom stereocenters. The summed E-state index contributed by atoms with van der Waals surface area (Å²) in [4.78, 5) is 9.92. The van der Waals surface area contributed by atoms with Crippen LogP contribution in [0.4, 0.5) is 5.69 Å². The summed E-state index contributed by atoms with van der Waals surface area (Å²) in [6.45, 7) is 2.90. The van der Waals surface area contributed by atoms with E-state index >= 15 is 0 Å². The van der Waals surface area contributed by atoms with E-state index < -0.39 is 15.0 Å². The van der Waals surface area contributed by atoms with Crippen LogP contribution in [0.25, 0.3) is 0 Å². The number of non-ortho nitro benzene ring substituents is 1. The van der Waals surface area contributed by atoms with Crippen LogP contribution in [-0.4, -0.2) is 26.6 Å². The van der Waals surface area contributed by atoms with Crippen molar-refractivity contribution in [2.75, 3.05) is 13.2 Å². The number of nitro benzene ring substituents is 1. The van der Waals surface area contributed by atoms with Gasteiger partial charge in [-0.25, -0.2) is 0 Å². The second-order valence-electron chi connectivity index (χ2n) is 5.92. The van der Waals surface area contributed by atoms with E-state index in [-0.39, 0.29) is 23.1 Å². The van der Waals surface area contributed by atoms with Crippen molar-refractivity contribution in [3.8, 4) is 0 Å². The molecule has 0 saturated carbocycles. The number of hydrogen-bond donors (Lipinski definition) is 0. The molecule has 0 aliphatic heterocycles. The Balaban J connectivity index is 1.74. The van der Waals surface area contributed by atoms with Crippen molar-refractivity contribution < 1.29 is 22.3 Å². The van der Waals surface area contributed by atoms with Gasteiger partial charge in [0, 0.05) is 18.7 Å². The first kappa shape index (κ1) is 20.0. The van der Waals surface area contributed by atoms with Crippen molar-refractivity contribution in [1.82, 2.24) is 0 Å². The van der Waals surface area contributed by atoms with Gasteiger partial charge in [-0.1, -0.05) is 37.3 Å². The maximum atomic E-state index is 12.1. The Labute approximate surface area is 152 Å². The van der Waals surface area contributed by atoms with Gasteiger partial charge >= 0.3 is 0 Å². The first-order chi connectivity index (χ1) is 12.4. The van der Waals surface area contributed by atoms with Crippen LogP contribution in [-0.2, 0) is 25.6 Å². The molecule has 0 N–H and O–H groups in total. The Morgan fingerprint density at radius 3 is 2.35 bits per heavy atom. The molecule has 2 aromatic rings. The monoisotopic (exact) mass is 379 g/mol. The zero-order valence-corrected chi connectivity index (χ0v) is 15.2. The average Bonchev–Trinajstić information content (AvgIpc) is 2.64. The van der Waals surface area contributed by atoms with Crippen LogP contribution < -0.4 is 0 Å². The van der Waals surface area contributed by atoms with Crippen LogP contribution in [0.2, 0.25) is 0 Å². The molecule has 0 fully saturated rings. The van der Waals surface area contributed by atoms with Gasteiger partial charge in [0.15, 0.2) is 0 Å². The molecular weight excluding hydrogens is 358 g/mol. The molecule has 0 bridgehead atoms. The van der Waals surface area contributed by atoms with Gasteiger partial charge in [-0.15, -0.1) is 0 Å². The van der Waals surface area contributed by atoms with Crippen LogP contribution in [0.3, 0.4) is 0 Å². The number of ether oxygens (including phenoxy) is 1. The summed E-state index contributed by atoms with van der Waals surface area (Å²) in [5, 5.41) is 10.6. The first-order valence-electron chi connectivity index (χ1n) is 8.14. The number of nitrogens with zero attached hydrogens (tertiary/aromatic N) is 1. The van der Waals surface area contributed by atoms with Gasteiger partial charge < -0.3 is 4.74 Å². The van der Waals surface area contributed by atoms with Crippen molar-refractivity contribution in [3.63, 3.8) is 0 Å². The predicted octanol–water partition coefficient (Wildman–Crippen LogP) is 3.54. The summed E-state index contributed by atoms with van der Waals surface area (Å²) < 4.78 is 34.8. The molecule has 0 radical (unpaired) electrons. The molecule has 0 saturated heterocycles. The van der Waals surface area contributed by atoms with Crippen LogP contribution in [0.1, 0.15) is 18.9 Å². The fourth-order valence-corrected chi connectivity index (χ4v) is 3.16. The van der Waals surface area contributed by atoms with Crippen molar-refractivity contribution in [2.45, 2.75) is 24.8 Å². The SMILES string of the molecule is CC(CCOCc1ccccc1)COS(=O)(=O)c1ccc([N+](=O)[O-])cc1. The summed E-state index contributed by atoms with van der Waals surface area (Å²) >= 11 is 0. The Bertz CT molecular complexity index is 805. The highest BCUT2D eigenvalue weighted by molar-refractivity contribution is 7.86. The van der Waals surface area contributed by atoms with E-state index in [9.17, 15) is 18.5 Å². The van der Waals surface area contributed by atoms with Gasteiger partial charge in [0.25, 0.3) is 15.8 Å². The third-order valence-corrected chi connectivity index (χ3v) is 5.01. The van der Waals surface area contributed by atoms with E-state index in [4.69, 9.17) is 8.92 Å². The predicted molar refractivity (Wildman–Crippen MR) is 96.1 cm³/mol. The van der Waals surface area contributed by atoms with Crippen LogP contribution >= 0.6 is 0 Å². The third kappa shape index (κ3) is 6.21. The summed E-state index contributed by atoms with van der Waals surface area (Å²) in [7, 11) is -3.93. The molecule has 26 heavy (non-hydrogen) atoms. The van der Waals surface area contributed by atoms with Gasteiger partial charge in [0.1, 0.15) is 0 Å². The fourth-order valence-electron chi connectivity index (χ4n) is 2.14. The van der Waals surface area contributed by atoms with E-state index in [1.807, 2.05) is 37.3 Å². The first-order valence-corrected chi connectivity index (χ1v) is 9.55. The molecule has 140 valence electrons. The number of nitro groups is 1. The molecule has 7 nitrogen and oxygen atoms in total. The highest BCUT2D eigenvalue weighted by Crippen LogP contribution is 2.18. The topological polar surface area (TPSA) is 95.7 Å². The highest BCUT2D eigenvalue weighted by Gasteiger charge is 2.18. The molecule has 0 aliphatic carbocycles. The van der Waals surface area contributed by atoms with E-state index in [1.165, 1.54) is 12.1 Å². The van der Waals surface area contributed by atoms with E-state index in [0.29, 0.717) is 19.6 Å². The van der Waals surface area contributed by atoms with E-state index in [2.05, 4.69) is 0 Å². The van der Waals surface area contributed by atoms with Crippen LogP contribution in [0, 0.1) is 16.0 Å². The van der Waals surface area contributed by atoms with Gasteiger partial charge in [0.05, 0.1) is 23.0 Å². The molecule has 0 aromatic heterocycles. The Morgan fingerprint density at radius 1 is 1.08 bits per heavy atom. The number of rotatable bonds is 10. The number of hydrogen-bond acceptors (Lipinski definition) is 6. The van der Waals surface area contributed by atoms with Crippen molar-refractivity contribution in [2.24, 2.45) is 5.92 Å². The summed E-state index contributed by atoms with van der Waals surface area (Å²) in [6.07, 6.45) is 0.655. The zero-order valence-electron chi connectivity index (χ0n) is 14.4.